The van der Waals surface area contributed by atoms with Crippen molar-refractivity contribution in [2.75, 3.05) is 6.54 Å². The van der Waals surface area contributed by atoms with Crippen LogP contribution in [0.15, 0.2) is 29.0 Å². The van der Waals surface area contributed by atoms with Gasteiger partial charge in [0.15, 0.2) is 11.4 Å². The first-order chi connectivity index (χ1) is 6.33. The van der Waals surface area contributed by atoms with Gasteiger partial charge in [0, 0.05) is 6.20 Å². The van der Waals surface area contributed by atoms with Crippen LogP contribution in [-0.2, 0) is 0 Å². The molecule has 0 atom stereocenters. The number of nitrogens with zero attached hydrogens (tertiary/aromatic N) is 1. The van der Waals surface area contributed by atoms with Gasteiger partial charge in [-0.3, -0.25) is 9.78 Å². The predicted octanol–water partition coefficient (Wildman–Crippen LogP) is 0.969. The van der Waals surface area contributed by atoms with Gasteiger partial charge in [0.2, 0.25) is 0 Å². The van der Waals surface area contributed by atoms with E-state index in [1.165, 1.54) is 6.26 Å². The molecule has 4 heteroatoms. The molecule has 0 bridgehead atoms. The smallest absolute Gasteiger partial charge is 0.181 e. The monoisotopic (exact) mass is 176 g/mol. The molecular formula is C9H8N2O2. The summed E-state index contributed by atoms with van der Waals surface area (Å²) in [6.45, 7) is -0.0226. The molecule has 13 heavy (non-hydrogen) atoms. The zero-order valence-electron chi connectivity index (χ0n) is 6.86. The van der Waals surface area contributed by atoms with E-state index in [2.05, 4.69) is 4.98 Å². The molecule has 2 N–H and O–H groups in total. The largest absolute Gasteiger partial charge is 0.462 e. The van der Waals surface area contributed by atoms with E-state index in [4.69, 9.17) is 10.2 Å². The van der Waals surface area contributed by atoms with Crippen molar-refractivity contribution in [1.82, 2.24) is 4.98 Å². The lowest BCUT2D eigenvalue weighted by Crippen LogP contribution is -2.13. The Morgan fingerprint density at radius 3 is 3.23 bits per heavy atom. The van der Waals surface area contributed by atoms with Gasteiger partial charge in [-0.15, -0.1) is 0 Å². The van der Waals surface area contributed by atoms with Crippen LogP contribution >= 0.6 is 0 Å². The maximum absolute atomic E-state index is 11.3. The number of carbonyl (C=O) groups excluding carboxylic acids is 1. The summed E-state index contributed by atoms with van der Waals surface area (Å²) in [4.78, 5) is 15.3. The van der Waals surface area contributed by atoms with Gasteiger partial charge in [-0.2, -0.15) is 0 Å². The van der Waals surface area contributed by atoms with Gasteiger partial charge >= 0.3 is 0 Å². The molecule has 0 spiro atoms. The lowest BCUT2D eigenvalue weighted by molar-refractivity contribution is 0.100. The van der Waals surface area contributed by atoms with Crippen LogP contribution < -0.4 is 5.73 Å². The van der Waals surface area contributed by atoms with Gasteiger partial charge in [-0.25, -0.2) is 0 Å². The molecule has 0 unspecified atom stereocenters. The number of carbonyl (C=O) groups is 1. The lowest BCUT2D eigenvalue weighted by atomic mass is 10.2. The fraction of sp³-hybridized carbons (Fsp3) is 0.111. The van der Waals surface area contributed by atoms with Crippen molar-refractivity contribution in [2.24, 2.45) is 5.73 Å². The van der Waals surface area contributed by atoms with E-state index in [0.717, 1.165) is 0 Å². The third-order valence-corrected chi connectivity index (χ3v) is 1.82. The number of pyridine rings is 1. The van der Waals surface area contributed by atoms with Gasteiger partial charge in [0.05, 0.1) is 12.1 Å². The second kappa shape index (κ2) is 2.99. The van der Waals surface area contributed by atoms with E-state index in [0.29, 0.717) is 16.7 Å². The molecule has 2 aromatic heterocycles. The highest BCUT2D eigenvalue weighted by atomic mass is 16.3. The van der Waals surface area contributed by atoms with Gasteiger partial charge in [-0.1, -0.05) is 0 Å². The Labute approximate surface area is 74.4 Å². The molecule has 4 nitrogen and oxygen atoms in total. The molecule has 0 fully saturated rings. The summed E-state index contributed by atoms with van der Waals surface area (Å²) in [5, 5.41) is 0. The summed E-state index contributed by atoms with van der Waals surface area (Å²) >= 11 is 0. The number of Topliss-reactive ketones (excluding diaryl/α,β-unsaturated/α-hetero) is 1. The summed E-state index contributed by atoms with van der Waals surface area (Å²) in [5.41, 5.74) is 6.88. The minimum Gasteiger partial charge on any atom is -0.462 e. The molecule has 2 rings (SSSR count). The number of rotatable bonds is 2. The van der Waals surface area contributed by atoms with Crippen LogP contribution in [0.5, 0.6) is 0 Å². The van der Waals surface area contributed by atoms with Crippen LogP contribution in [0.25, 0.3) is 11.1 Å². The predicted molar refractivity (Wildman–Crippen MR) is 47.4 cm³/mol. The molecule has 0 amide bonds. The van der Waals surface area contributed by atoms with Gasteiger partial charge < -0.3 is 10.2 Å². The highest BCUT2D eigenvalue weighted by Gasteiger charge is 2.12. The second-order valence-corrected chi connectivity index (χ2v) is 2.63. The SMILES string of the molecule is NCC(=O)c1coc2cccnc12. The van der Waals surface area contributed by atoms with Crippen LogP contribution in [0.4, 0.5) is 0 Å². The number of aromatic nitrogens is 1. The first-order valence-electron chi connectivity index (χ1n) is 3.88. The maximum atomic E-state index is 11.3. The Hall–Kier alpha value is -1.68. The van der Waals surface area contributed by atoms with Crippen LogP contribution in [0, 0.1) is 0 Å². The van der Waals surface area contributed by atoms with E-state index in [1.54, 1.807) is 18.3 Å². The van der Waals surface area contributed by atoms with Crippen LogP contribution in [0.3, 0.4) is 0 Å². The summed E-state index contributed by atoms with van der Waals surface area (Å²) < 4.78 is 5.13. The maximum Gasteiger partial charge on any atom is 0.181 e. The van der Waals surface area contributed by atoms with Crippen molar-refractivity contribution in [2.45, 2.75) is 0 Å². The van der Waals surface area contributed by atoms with E-state index < -0.39 is 0 Å². The minimum atomic E-state index is -0.155. The first kappa shape index (κ1) is 7.94. The molecule has 2 aromatic rings. The van der Waals surface area contributed by atoms with E-state index in [9.17, 15) is 4.79 Å². The van der Waals surface area contributed by atoms with Crippen molar-refractivity contribution in [1.29, 1.82) is 0 Å². The van der Waals surface area contributed by atoms with Gasteiger partial charge in [-0.05, 0) is 12.1 Å². The molecule has 0 radical (unpaired) electrons. The number of fused-ring (bicyclic) bond motifs is 1. The molecule has 66 valence electrons. The number of hydrogen-bond donors (Lipinski definition) is 1. The molecule has 0 saturated heterocycles. The highest BCUT2D eigenvalue weighted by Crippen LogP contribution is 2.17. The molecular weight excluding hydrogens is 168 g/mol. The van der Waals surface area contributed by atoms with Crippen molar-refractivity contribution in [3.8, 4) is 0 Å². The minimum absolute atomic E-state index is 0.0226. The summed E-state index contributed by atoms with van der Waals surface area (Å²) in [5.74, 6) is -0.155. The van der Waals surface area contributed by atoms with Crippen molar-refractivity contribution < 1.29 is 9.21 Å². The third-order valence-electron chi connectivity index (χ3n) is 1.82. The van der Waals surface area contributed by atoms with Crippen LogP contribution in [0.2, 0.25) is 0 Å². The summed E-state index contributed by atoms with van der Waals surface area (Å²) in [6.07, 6.45) is 3.01. The molecule has 0 aliphatic rings. The highest BCUT2D eigenvalue weighted by molar-refractivity contribution is 6.06. The Morgan fingerprint density at radius 2 is 2.46 bits per heavy atom. The van der Waals surface area contributed by atoms with Crippen molar-refractivity contribution in [3.63, 3.8) is 0 Å². The normalized spacial score (nSPS) is 10.5. The van der Waals surface area contributed by atoms with Crippen LogP contribution in [-0.4, -0.2) is 17.3 Å². The number of ketones is 1. The number of hydrogen-bond acceptors (Lipinski definition) is 4. The molecule has 2 heterocycles. The molecule has 0 aromatic carbocycles. The number of nitrogens with two attached hydrogens (primary N) is 1. The van der Waals surface area contributed by atoms with E-state index in [-0.39, 0.29) is 12.3 Å². The van der Waals surface area contributed by atoms with Crippen molar-refractivity contribution >= 4 is 16.9 Å². The van der Waals surface area contributed by atoms with Gasteiger partial charge in [0.25, 0.3) is 0 Å². The average molecular weight is 176 g/mol. The quantitative estimate of drug-likeness (QED) is 0.692. The fourth-order valence-electron chi connectivity index (χ4n) is 1.17. The Morgan fingerprint density at radius 1 is 1.62 bits per heavy atom. The Kier molecular flexibility index (Phi) is 1.83. The zero-order valence-corrected chi connectivity index (χ0v) is 6.86. The van der Waals surface area contributed by atoms with Crippen molar-refractivity contribution in [3.05, 3.63) is 30.2 Å². The Bertz CT molecular complexity index is 448. The van der Waals surface area contributed by atoms with E-state index in [1.807, 2.05) is 0 Å². The van der Waals surface area contributed by atoms with Crippen LogP contribution in [0.1, 0.15) is 10.4 Å². The molecule has 0 aliphatic heterocycles. The standard InChI is InChI=1S/C9H8N2O2/c10-4-7(12)6-5-13-8-2-1-3-11-9(6)8/h1-3,5H,4,10H2. The first-order valence-corrected chi connectivity index (χ1v) is 3.88. The molecule has 0 saturated carbocycles. The topological polar surface area (TPSA) is 69.1 Å². The summed E-state index contributed by atoms with van der Waals surface area (Å²) in [6, 6.07) is 3.51. The average Bonchev–Trinajstić information content (AvgIpc) is 2.60. The van der Waals surface area contributed by atoms with Gasteiger partial charge in [0.1, 0.15) is 11.8 Å². The van der Waals surface area contributed by atoms with E-state index >= 15 is 0 Å². The summed E-state index contributed by atoms with van der Waals surface area (Å²) in [7, 11) is 0. The Balaban J connectivity index is 2.64. The number of furan rings is 1. The molecule has 0 aliphatic carbocycles. The third kappa shape index (κ3) is 1.21. The lowest BCUT2D eigenvalue weighted by Gasteiger charge is -1.91. The fourth-order valence-corrected chi connectivity index (χ4v) is 1.17. The second-order valence-electron chi connectivity index (χ2n) is 2.63. The zero-order chi connectivity index (χ0) is 9.26.